The zero-order valence-corrected chi connectivity index (χ0v) is 12.0. The number of likely N-dealkylation sites (N-methyl/N-ethyl adjacent to an activating group) is 1. The molecule has 0 aromatic carbocycles. The van der Waals surface area contributed by atoms with Crippen LogP contribution in [0.3, 0.4) is 0 Å². The molecule has 0 spiro atoms. The van der Waals surface area contributed by atoms with Gasteiger partial charge in [0.05, 0.1) is 0 Å². The van der Waals surface area contributed by atoms with Crippen LogP contribution in [0.2, 0.25) is 0 Å². The zero-order chi connectivity index (χ0) is 13.4. The van der Waals surface area contributed by atoms with Gasteiger partial charge in [-0.1, -0.05) is 6.92 Å². The largest absolute Gasteiger partial charge is 0.344 e. The highest BCUT2D eigenvalue weighted by Crippen LogP contribution is 2.11. The van der Waals surface area contributed by atoms with Crippen LogP contribution in [-0.2, 0) is 4.79 Å². The Bertz CT molecular complexity index is 239. The van der Waals surface area contributed by atoms with Gasteiger partial charge < -0.3 is 15.5 Å². The predicted octanol–water partition coefficient (Wildman–Crippen LogP) is 1.31. The van der Waals surface area contributed by atoms with E-state index in [1.807, 2.05) is 11.9 Å². The van der Waals surface area contributed by atoms with Gasteiger partial charge in [0.15, 0.2) is 0 Å². The first-order chi connectivity index (χ1) is 8.63. The Hall–Kier alpha value is -0.610. The highest BCUT2D eigenvalue weighted by Gasteiger charge is 2.14. The maximum absolute atomic E-state index is 11.9. The zero-order valence-electron chi connectivity index (χ0n) is 12.0. The quantitative estimate of drug-likeness (QED) is 0.711. The lowest BCUT2D eigenvalue weighted by atomic mass is 10.0. The standard InChI is InChI=1S/C14H29N3O/c1-13(7-8-15)5-6-14(18)16(2)11-12-17-9-3-4-10-17/h13H,3-12,15H2,1-2H3. The molecule has 106 valence electrons. The van der Waals surface area contributed by atoms with Crippen LogP contribution in [0.1, 0.15) is 39.0 Å². The molecule has 4 nitrogen and oxygen atoms in total. The minimum absolute atomic E-state index is 0.276. The number of likely N-dealkylation sites (tertiary alicyclic amines) is 1. The SMILES string of the molecule is CC(CCN)CCC(=O)N(C)CCN1CCCC1. The third-order valence-electron chi connectivity index (χ3n) is 3.89. The number of rotatable bonds is 8. The van der Waals surface area contributed by atoms with Crippen LogP contribution in [0.5, 0.6) is 0 Å². The molecule has 1 heterocycles. The van der Waals surface area contributed by atoms with E-state index in [2.05, 4.69) is 11.8 Å². The summed E-state index contributed by atoms with van der Waals surface area (Å²) in [5.74, 6) is 0.837. The maximum atomic E-state index is 11.9. The van der Waals surface area contributed by atoms with Crippen molar-refractivity contribution in [2.45, 2.75) is 39.0 Å². The number of hydrogen-bond donors (Lipinski definition) is 1. The van der Waals surface area contributed by atoms with Crippen molar-refractivity contribution in [2.24, 2.45) is 11.7 Å². The number of nitrogens with two attached hydrogens (primary N) is 1. The molecule has 1 saturated heterocycles. The van der Waals surface area contributed by atoms with E-state index in [1.54, 1.807) is 0 Å². The van der Waals surface area contributed by atoms with Crippen LogP contribution < -0.4 is 5.73 Å². The second kappa shape index (κ2) is 8.48. The summed E-state index contributed by atoms with van der Waals surface area (Å²) in [5.41, 5.74) is 5.51. The fourth-order valence-corrected chi connectivity index (χ4v) is 2.41. The van der Waals surface area contributed by atoms with E-state index in [0.717, 1.165) is 32.5 Å². The van der Waals surface area contributed by atoms with Gasteiger partial charge in [0.1, 0.15) is 0 Å². The average Bonchev–Trinajstić information content (AvgIpc) is 2.86. The fraction of sp³-hybridized carbons (Fsp3) is 0.929. The number of carbonyl (C=O) groups excluding carboxylic acids is 1. The minimum Gasteiger partial charge on any atom is -0.344 e. The molecule has 18 heavy (non-hydrogen) atoms. The van der Waals surface area contributed by atoms with E-state index >= 15 is 0 Å². The van der Waals surface area contributed by atoms with Crippen LogP contribution >= 0.6 is 0 Å². The summed E-state index contributed by atoms with van der Waals surface area (Å²) in [4.78, 5) is 16.3. The molecule has 0 bridgehead atoms. The summed E-state index contributed by atoms with van der Waals surface area (Å²) < 4.78 is 0. The van der Waals surface area contributed by atoms with Gasteiger partial charge in [-0.25, -0.2) is 0 Å². The van der Waals surface area contributed by atoms with Gasteiger partial charge >= 0.3 is 0 Å². The Morgan fingerprint density at radius 2 is 2.00 bits per heavy atom. The van der Waals surface area contributed by atoms with Crippen LogP contribution in [0, 0.1) is 5.92 Å². The molecule has 1 rings (SSSR count). The Morgan fingerprint density at radius 3 is 2.61 bits per heavy atom. The summed E-state index contributed by atoms with van der Waals surface area (Å²) in [7, 11) is 1.92. The molecule has 4 heteroatoms. The molecule has 0 radical (unpaired) electrons. The second-order valence-corrected chi connectivity index (χ2v) is 5.59. The molecular weight excluding hydrogens is 226 g/mol. The van der Waals surface area contributed by atoms with Crippen molar-refractivity contribution in [3.05, 3.63) is 0 Å². The van der Waals surface area contributed by atoms with Crippen molar-refractivity contribution < 1.29 is 4.79 Å². The van der Waals surface area contributed by atoms with Crippen LogP contribution in [0.4, 0.5) is 0 Å². The molecule has 1 aliphatic rings. The van der Waals surface area contributed by atoms with E-state index < -0.39 is 0 Å². The van der Waals surface area contributed by atoms with Gasteiger partial charge in [-0.2, -0.15) is 0 Å². The molecular formula is C14H29N3O. The molecule has 0 aliphatic carbocycles. The van der Waals surface area contributed by atoms with Crippen molar-refractivity contribution in [1.82, 2.24) is 9.80 Å². The Morgan fingerprint density at radius 1 is 1.33 bits per heavy atom. The summed E-state index contributed by atoms with van der Waals surface area (Å²) in [6.07, 6.45) is 5.27. The average molecular weight is 255 g/mol. The smallest absolute Gasteiger partial charge is 0.222 e. The van der Waals surface area contributed by atoms with E-state index in [9.17, 15) is 4.79 Å². The second-order valence-electron chi connectivity index (χ2n) is 5.59. The Balaban J connectivity index is 2.11. The fourth-order valence-electron chi connectivity index (χ4n) is 2.41. The summed E-state index contributed by atoms with van der Waals surface area (Å²) in [6.45, 7) is 7.19. The molecule has 1 fully saturated rings. The van der Waals surface area contributed by atoms with Gasteiger partial charge in [-0.05, 0) is 51.2 Å². The summed E-state index contributed by atoms with van der Waals surface area (Å²) in [5, 5.41) is 0. The molecule has 2 N–H and O–H groups in total. The van der Waals surface area contributed by atoms with Crippen molar-refractivity contribution in [1.29, 1.82) is 0 Å². The first kappa shape index (κ1) is 15.4. The highest BCUT2D eigenvalue weighted by atomic mass is 16.2. The third-order valence-corrected chi connectivity index (χ3v) is 3.89. The van der Waals surface area contributed by atoms with Gasteiger partial charge in [0, 0.05) is 26.6 Å². The molecule has 0 saturated carbocycles. The normalized spacial score (nSPS) is 17.9. The number of hydrogen-bond acceptors (Lipinski definition) is 3. The molecule has 0 aromatic heterocycles. The van der Waals surface area contributed by atoms with E-state index in [1.165, 1.54) is 25.9 Å². The minimum atomic E-state index is 0.276. The lowest BCUT2D eigenvalue weighted by molar-refractivity contribution is -0.130. The molecule has 1 unspecified atom stereocenters. The summed E-state index contributed by atoms with van der Waals surface area (Å²) in [6, 6.07) is 0. The van der Waals surface area contributed by atoms with Gasteiger partial charge in [0.25, 0.3) is 0 Å². The van der Waals surface area contributed by atoms with Crippen molar-refractivity contribution in [3.8, 4) is 0 Å². The van der Waals surface area contributed by atoms with Gasteiger partial charge in [-0.15, -0.1) is 0 Å². The Kier molecular flexibility index (Phi) is 7.28. The molecule has 0 aromatic rings. The van der Waals surface area contributed by atoms with Gasteiger partial charge in [0.2, 0.25) is 5.91 Å². The number of carbonyl (C=O) groups is 1. The predicted molar refractivity (Wildman–Crippen MR) is 75.4 cm³/mol. The highest BCUT2D eigenvalue weighted by molar-refractivity contribution is 5.75. The van der Waals surface area contributed by atoms with Crippen LogP contribution in [0.25, 0.3) is 0 Å². The van der Waals surface area contributed by atoms with Gasteiger partial charge in [-0.3, -0.25) is 4.79 Å². The monoisotopic (exact) mass is 255 g/mol. The molecule has 1 amide bonds. The number of nitrogens with zero attached hydrogens (tertiary/aromatic N) is 2. The molecule has 1 aliphatic heterocycles. The third kappa shape index (κ3) is 5.83. The first-order valence-corrected chi connectivity index (χ1v) is 7.30. The maximum Gasteiger partial charge on any atom is 0.222 e. The molecule has 1 atom stereocenters. The van der Waals surface area contributed by atoms with Crippen LogP contribution in [0.15, 0.2) is 0 Å². The Labute approximate surface area is 111 Å². The van der Waals surface area contributed by atoms with Crippen molar-refractivity contribution in [2.75, 3.05) is 39.8 Å². The topological polar surface area (TPSA) is 49.6 Å². The van der Waals surface area contributed by atoms with Crippen molar-refractivity contribution >= 4 is 5.91 Å². The van der Waals surface area contributed by atoms with E-state index in [4.69, 9.17) is 5.73 Å². The summed E-state index contributed by atoms with van der Waals surface area (Å²) >= 11 is 0. The lowest BCUT2D eigenvalue weighted by Crippen LogP contribution is -2.35. The van der Waals surface area contributed by atoms with E-state index in [0.29, 0.717) is 12.3 Å². The van der Waals surface area contributed by atoms with Crippen LogP contribution in [-0.4, -0.2) is 55.5 Å². The first-order valence-electron chi connectivity index (χ1n) is 7.30. The van der Waals surface area contributed by atoms with E-state index in [-0.39, 0.29) is 5.91 Å². The van der Waals surface area contributed by atoms with Crippen molar-refractivity contribution in [3.63, 3.8) is 0 Å². The lowest BCUT2D eigenvalue weighted by Gasteiger charge is -2.22. The number of amides is 1.